The Kier molecular flexibility index (Phi) is 4.59. The molecule has 1 aromatic carbocycles. The number of carbonyl (C=O) groups is 1. The van der Waals surface area contributed by atoms with Gasteiger partial charge in [-0.05, 0) is 19.1 Å². The van der Waals surface area contributed by atoms with E-state index >= 15 is 0 Å². The fraction of sp³-hybridized carbons (Fsp3) is 0.364. The van der Waals surface area contributed by atoms with Crippen LogP contribution in [-0.4, -0.2) is 35.9 Å². The number of anilines is 1. The summed E-state index contributed by atoms with van der Waals surface area (Å²) in [7, 11) is 1.63. The summed E-state index contributed by atoms with van der Waals surface area (Å²) in [6.45, 7) is 2.29. The number of amides is 1. The van der Waals surface area contributed by atoms with E-state index in [4.69, 9.17) is 0 Å². The molecule has 1 rings (SSSR count). The standard InChI is InChI=1S/C11H14FN3O3/c1-3-14(2)11(16)7-13-9-5-4-8(12)6-10(9)15(17)18/h4-6,13H,3,7H2,1-2H3. The zero-order valence-corrected chi connectivity index (χ0v) is 10.1. The number of hydrogen-bond donors (Lipinski definition) is 1. The molecular weight excluding hydrogens is 241 g/mol. The summed E-state index contributed by atoms with van der Waals surface area (Å²) in [6, 6.07) is 3.16. The average molecular weight is 255 g/mol. The lowest BCUT2D eigenvalue weighted by Crippen LogP contribution is -2.32. The van der Waals surface area contributed by atoms with Gasteiger partial charge in [0.2, 0.25) is 5.91 Å². The maximum atomic E-state index is 12.9. The number of halogens is 1. The molecule has 0 unspecified atom stereocenters. The molecule has 0 saturated carbocycles. The highest BCUT2D eigenvalue weighted by Gasteiger charge is 2.16. The molecule has 0 aliphatic heterocycles. The van der Waals surface area contributed by atoms with Crippen LogP contribution in [0.15, 0.2) is 18.2 Å². The molecule has 1 aromatic rings. The Morgan fingerprint density at radius 2 is 2.22 bits per heavy atom. The first kappa shape index (κ1) is 13.9. The van der Waals surface area contributed by atoms with Gasteiger partial charge in [-0.3, -0.25) is 14.9 Å². The fourth-order valence-electron chi connectivity index (χ4n) is 1.29. The molecule has 0 radical (unpaired) electrons. The summed E-state index contributed by atoms with van der Waals surface area (Å²) in [5.41, 5.74) is -0.263. The zero-order valence-electron chi connectivity index (χ0n) is 10.1. The van der Waals surface area contributed by atoms with Gasteiger partial charge in [-0.1, -0.05) is 0 Å². The molecule has 0 spiro atoms. The molecule has 18 heavy (non-hydrogen) atoms. The summed E-state index contributed by atoms with van der Waals surface area (Å²) in [5, 5.41) is 13.3. The minimum absolute atomic E-state index is 0.0726. The van der Waals surface area contributed by atoms with Gasteiger partial charge in [0, 0.05) is 13.6 Å². The average Bonchev–Trinajstić information content (AvgIpc) is 2.35. The monoisotopic (exact) mass is 255 g/mol. The largest absolute Gasteiger partial charge is 0.371 e. The number of rotatable bonds is 5. The number of benzene rings is 1. The van der Waals surface area contributed by atoms with Crippen molar-refractivity contribution in [1.82, 2.24) is 4.90 Å². The molecule has 0 saturated heterocycles. The first-order valence-electron chi connectivity index (χ1n) is 5.37. The van der Waals surface area contributed by atoms with Crippen LogP contribution in [0.1, 0.15) is 6.92 Å². The van der Waals surface area contributed by atoms with E-state index in [1.165, 1.54) is 11.0 Å². The molecule has 7 heteroatoms. The summed E-state index contributed by atoms with van der Waals surface area (Å²) in [5.74, 6) is -0.889. The topological polar surface area (TPSA) is 75.5 Å². The van der Waals surface area contributed by atoms with Crippen molar-refractivity contribution in [3.63, 3.8) is 0 Å². The van der Waals surface area contributed by atoms with Gasteiger partial charge in [0.15, 0.2) is 0 Å². The second-order valence-corrected chi connectivity index (χ2v) is 3.68. The Labute approximate surface area is 104 Å². The third kappa shape index (κ3) is 3.41. The van der Waals surface area contributed by atoms with Crippen LogP contribution in [0.2, 0.25) is 0 Å². The van der Waals surface area contributed by atoms with E-state index in [1.807, 2.05) is 6.92 Å². The van der Waals surface area contributed by atoms with Gasteiger partial charge in [0.1, 0.15) is 11.5 Å². The lowest BCUT2D eigenvalue weighted by Gasteiger charge is -2.15. The Morgan fingerprint density at radius 3 is 2.78 bits per heavy atom. The second-order valence-electron chi connectivity index (χ2n) is 3.68. The zero-order chi connectivity index (χ0) is 13.7. The fourth-order valence-corrected chi connectivity index (χ4v) is 1.29. The Balaban J connectivity index is 2.79. The number of nitrogens with one attached hydrogen (secondary N) is 1. The lowest BCUT2D eigenvalue weighted by atomic mass is 10.2. The molecule has 6 nitrogen and oxygen atoms in total. The van der Waals surface area contributed by atoms with E-state index in [-0.39, 0.29) is 23.8 Å². The Morgan fingerprint density at radius 1 is 1.56 bits per heavy atom. The van der Waals surface area contributed by atoms with Crippen molar-refractivity contribution in [2.45, 2.75) is 6.92 Å². The van der Waals surface area contributed by atoms with Crippen LogP contribution in [0, 0.1) is 15.9 Å². The predicted octanol–water partition coefficient (Wildman–Crippen LogP) is 1.62. The van der Waals surface area contributed by atoms with Crippen molar-refractivity contribution in [1.29, 1.82) is 0 Å². The van der Waals surface area contributed by atoms with E-state index in [0.717, 1.165) is 12.1 Å². The van der Waals surface area contributed by atoms with E-state index < -0.39 is 10.7 Å². The van der Waals surface area contributed by atoms with E-state index in [0.29, 0.717) is 6.54 Å². The van der Waals surface area contributed by atoms with Gasteiger partial charge >= 0.3 is 0 Å². The molecule has 0 aliphatic carbocycles. The molecule has 1 amide bonds. The van der Waals surface area contributed by atoms with Crippen LogP contribution in [0.25, 0.3) is 0 Å². The third-order valence-corrected chi connectivity index (χ3v) is 2.49. The lowest BCUT2D eigenvalue weighted by molar-refractivity contribution is -0.384. The van der Waals surface area contributed by atoms with Crippen molar-refractivity contribution >= 4 is 17.3 Å². The summed E-state index contributed by atoms with van der Waals surface area (Å²) >= 11 is 0. The van der Waals surface area contributed by atoms with Gasteiger partial charge in [-0.2, -0.15) is 0 Å². The quantitative estimate of drug-likeness (QED) is 0.640. The van der Waals surface area contributed by atoms with E-state index in [9.17, 15) is 19.3 Å². The van der Waals surface area contributed by atoms with Gasteiger partial charge in [-0.15, -0.1) is 0 Å². The van der Waals surface area contributed by atoms with Crippen LogP contribution >= 0.6 is 0 Å². The molecular formula is C11H14FN3O3. The molecule has 0 aliphatic rings. The van der Waals surface area contributed by atoms with E-state index in [2.05, 4.69) is 5.32 Å². The Bertz CT molecular complexity index is 465. The number of carbonyl (C=O) groups excluding carboxylic acids is 1. The van der Waals surface area contributed by atoms with Crippen molar-refractivity contribution in [3.8, 4) is 0 Å². The van der Waals surface area contributed by atoms with Gasteiger partial charge in [0.05, 0.1) is 17.5 Å². The minimum Gasteiger partial charge on any atom is -0.371 e. The number of nitrogens with zero attached hydrogens (tertiary/aromatic N) is 2. The van der Waals surface area contributed by atoms with Crippen LogP contribution in [0.4, 0.5) is 15.8 Å². The molecule has 0 fully saturated rings. The smallest absolute Gasteiger partial charge is 0.295 e. The van der Waals surface area contributed by atoms with Gasteiger partial charge < -0.3 is 10.2 Å². The molecule has 0 aromatic heterocycles. The molecule has 0 atom stereocenters. The van der Waals surface area contributed by atoms with Crippen molar-refractivity contribution in [2.75, 3.05) is 25.5 Å². The van der Waals surface area contributed by atoms with Crippen molar-refractivity contribution in [2.24, 2.45) is 0 Å². The molecule has 0 bridgehead atoms. The van der Waals surface area contributed by atoms with Gasteiger partial charge in [0.25, 0.3) is 5.69 Å². The molecule has 0 heterocycles. The number of nitro benzene ring substituents is 1. The van der Waals surface area contributed by atoms with Crippen LogP contribution in [0.5, 0.6) is 0 Å². The number of hydrogen-bond acceptors (Lipinski definition) is 4. The molecule has 98 valence electrons. The SMILES string of the molecule is CCN(C)C(=O)CNc1ccc(F)cc1[N+](=O)[O-]. The van der Waals surface area contributed by atoms with Crippen molar-refractivity contribution in [3.05, 3.63) is 34.1 Å². The van der Waals surface area contributed by atoms with Crippen LogP contribution in [-0.2, 0) is 4.79 Å². The van der Waals surface area contributed by atoms with Gasteiger partial charge in [-0.25, -0.2) is 4.39 Å². The normalized spacial score (nSPS) is 9.94. The highest BCUT2D eigenvalue weighted by atomic mass is 19.1. The second kappa shape index (κ2) is 5.95. The summed E-state index contributed by atoms with van der Waals surface area (Å²) in [6.07, 6.45) is 0. The first-order chi connectivity index (χ1) is 8.45. The minimum atomic E-state index is -0.695. The maximum Gasteiger partial charge on any atom is 0.295 e. The summed E-state index contributed by atoms with van der Waals surface area (Å²) in [4.78, 5) is 23.0. The van der Waals surface area contributed by atoms with Crippen LogP contribution in [0.3, 0.4) is 0 Å². The summed E-state index contributed by atoms with van der Waals surface area (Å²) < 4.78 is 12.9. The predicted molar refractivity (Wildman–Crippen MR) is 64.9 cm³/mol. The highest BCUT2D eigenvalue weighted by molar-refractivity contribution is 5.81. The Hall–Kier alpha value is -2.18. The first-order valence-corrected chi connectivity index (χ1v) is 5.37. The van der Waals surface area contributed by atoms with Crippen molar-refractivity contribution < 1.29 is 14.1 Å². The van der Waals surface area contributed by atoms with E-state index in [1.54, 1.807) is 7.05 Å². The number of nitro groups is 1. The third-order valence-electron chi connectivity index (χ3n) is 2.49. The highest BCUT2D eigenvalue weighted by Crippen LogP contribution is 2.24. The van der Waals surface area contributed by atoms with Crippen LogP contribution < -0.4 is 5.32 Å². The maximum absolute atomic E-state index is 12.9. The number of likely N-dealkylation sites (N-methyl/N-ethyl adjacent to an activating group) is 1. The molecule has 1 N–H and O–H groups in total.